The lowest BCUT2D eigenvalue weighted by Gasteiger charge is -2.48. The Morgan fingerprint density at radius 1 is 1.24 bits per heavy atom. The first kappa shape index (κ1) is 13.3. The maximum Gasteiger partial charge on any atom is 0.0641 e. The molecular formula is C14H28N2O. The van der Waals surface area contributed by atoms with E-state index in [-0.39, 0.29) is 5.54 Å². The normalized spacial score (nSPS) is 34.2. The molecule has 3 nitrogen and oxygen atoms in total. The van der Waals surface area contributed by atoms with E-state index in [9.17, 15) is 0 Å². The van der Waals surface area contributed by atoms with Crippen LogP contribution in [0.3, 0.4) is 0 Å². The van der Waals surface area contributed by atoms with Gasteiger partial charge in [-0.3, -0.25) is 4.90 Å². The molecule has 0 aromatic heterocycles. The summed E-state index contributed by atoms with van der Waals surface area (Å²) in [6.07, 6.45) is 5.38. The number of rotatable bonds is 5. The van der Waals surface area contributed by atoms with E-state index in [2.05, 4.69) is 31.0 Å². The van der Waals surface area contributed by atoms with Gasteiger partial charge in [0.05, 0.1) is 6.61 Å². The molecule has 2 saturated heterocycles. The van der Waals surface area contributed by atoms with Crippen LogP contribution >= 0.6 is 0 Å². The van der Waals surface area contributed by atoms with Crippen molar-refractivity contribution in [3.8, 4) is 0 Å². The molecule has 0 amide bonds. The first-order chi connectivity index (χ1) is 8.08. The number of ether oxygens (including phenoxy) is 1. The van der Waals surface area contributed by atoms with Crippen molar-refractivity contribution in [2.75, 3.05) is 20.3 Å². The lowest BCUT2D eigenvalue weighted by Crippen LogP contribution is -2.58. The van der Waals surface area contributed by atoms with Crippen molar-refractivity contribution in [2.45, 2.75) is 70.1 Å². The van der Waals surface area contributed by atoms with Crippen molar-refractivity contribution >= 4 is 0 Å². The molecule has 2 aliphatic rings. The first-order valence-corrected chi connectivity index (χ1v) is 7.09. The minimum Gasteiger partial charge on any atom is -0.383 e. The molecule has 100 valence electrons. The summed E-state index contributed by atoms with van der Waals surface area (Å²) in [4.78, 5) is 2.74. The minimum atomic E-state index is 0.192. The molecule has 0 aromatic carbocycles. The van der Waals surface area contributed by atoms with Crippen molar-refractivity contribution in [1.29, 1.82) is 0 Å². The smallest absolute Gasteiger partial charge is 0.0641 e. The fourth-order valence-corrected chi connectivity index (χ4v) is 4.05. The van der Waals surface area contributed by atoms with Gasteiger partial charge in [-0.25, -0.2) is 0 Å². The predicted octanol–water partition coefficient (Wildman–Crippen LogP) is 2.02. The average molecular weight is 240 g/mol. The molecule has 0 aromatic rings. The van der Waals surface area contributed by atoms with E-state index in [0.29, 0.717) is 0 Å². The van der Waals surface area contributed by atoms with E-state index in [1.165, 1.54) is 25.7 Å². The van der Waals surface area contributed by atoms with Crippen molar-refractivity contribution in [2.24, 2.45) is 0 Å². The van der Waals surface area contributed by atoms with E-state index in [1.807, 2.05) is 7.11 Å². The highest BCUT2D eigenvalue weighted by Crippen LogP contribution is 2.40. The van der Waals surface area contributed by atoms with Crippen molar-refractivity contribution < 1.29 is 4.74 Å². The molecule has 2 rings (SSSR count). The summed E-state index contributed by atoms with van der Waals surface area (Å²) >= 11 is 0. The first-order valence-electron chi connectivity index (χ1n) is 7.09. The van der Waals surface area contributed by atoms with Crippen LogP contribution in [0.15, 0.2) is 0 Å². The van der Waals surface area contributed by atoms with Gasteiger partial charge >= 0.3 is 0 Å². The van der Waals surface area contributed by atoms with Crippen molar-refractivity contribution in [3.63, 3.8) is 0 Å². The van der Waals surface area contributed by atoms with Gasteiger partial charge in [-0.15, -0.1) is 0 Å². The second-order valence-corrected chi connectivity index (χ2v) is 6.26. The summed E-state index contributed by atoms with van der Waals surface area (Å²) in [5, 5.41) is 3.63. The average Bonchev–Trinajstić information content (AvgIpc) is 2.53. The van der Waals surface area contributed by atoms with E-state index >= 15 is 0 Å². The van der Waals surface area contributed by atoms with Crippen molar-refractivity contribution in [3.05, 3.63) is 0 Å². The van der Waals surface area contributed by atoms with E-state index in [0.717, 1.165) is 31.3 Å². The Kier molecular flexibility index (Phi) is 4.11. The highest BCUT2D eigenvalue weighted by atomic mass is 16.5. The molecule has 2 fully saturated rings. The summed E-state index contributed by atoms with van der Waals surface area (Å²) in [5.74, 6) is 0. The van der Waals surface area contributed by atoms with Gasteiger partial charge in [0.2, 0.25) is 0 Å². The van der Waals surface area contributed by atoms with Crippen molar-refractivity contribution in [1.82, 2.24) is 10.2 Å². The SMILES string of the molecule is CCNC1CC2CCC(C1)N2C(C)(C)COC. The molecule has 3 heteroatoms. The monoisotopic (exact) mass is 240 g/mol. The van der Waals surface area contributed by atoms with Gasteiger partial charge in [0.25, 0.3) is 0 Å². The standard InChI is InChI=1S/C14H28N2O/c1-5-15-11-8-12-6-7-13(9-11)16(12)14(2,3)10-17-4/h11-13,15H,5-10H2,1-4H3. The Hall–Kier alpha value is -0.120. The van der Waals surface area contributed by atoms with E-state index in [1.54, 1.807) is 0 Å². The highest BCUT2D eigenvalue weighted by Gasteiger charge is 2.46. The lowest BCUT2D eigenvalue weighted by atomic mass is 9.91. The Labute approximate surface area is 106 Å². The van der Waals surface area contributed by atoms with Gasteiger partial charge in [0.1, 0.15) is 0 Å². The van der Waals surface area contributed by atoms with Gasteiger partial charge in [-0.1, -0.05) is 6.92 Å². The Balaban J connectivity index is 2.03. The molecule has 2 bridgehead atoms. The van der Waals surface area contributed by atoms with Gasteiger partial charge in [0, 0.05) is 30.8 Å². The summed E-state index contributed by atoms with van der Waals surface area (Å²) in [5.41, 5.74) is 0.192. The van der Waals surface area contributed by atoms with Crippen LogP contribution in [-0.4, -0.2) is 48.8 Å². The summed E-state index contributed by atoms with van der Waals surface area (Å²) in [7, 11) is 1.81. The number of nitrogens with zero attached hydrogens (tertiary/aromatic N) is 1. The van der Waals surface area contributed by atoms with Gasteiger partial charge in [-0.05, 0) is 46.1 Å². The fourth-order valence-electron chi connectivity index (χ4n) is 4.05. The molecule has 0 aliphatic carbocycles. The van der Waals surface area contributed by atoms with Crippen LogP contribution in [0.5, 0.6) is 0 Å². The molecule has 2 atom stereocenters. The topological polar surface area (TPSA) is 24.5 Å². The third-order valence-corrected chi connectivity index (χ3v) is 4.42. The fraction of sp³-hybridized carbons (Fsp3) is 1.00. The largest absolute Gasteiger partial charge is 0.383 e. The van der Waals surface area contributed by atoms with Crippen LogP contribution < -0.4 is 5.32 Å². The summed E-state index contributed by atoms with van der Waals surface area (Å²) in [6, 6.07) is 2.28. The number of piperidine rings is 1. The number of methoxy groups -OCH3 is 1. The highest BCUT2D eigenvalue weighted by molar-refractivity contribution is 5.03. The van der Waals surface area contributed by atoms with Crippen LogP contribution in [0.2, 0.25) is 0 Å². The Morgan fingerprint density at radius 2 is 1.82 bits per heavy atom. The number of nitrogens with one attached hydrogen (secondary N) is 1. The van der Waals surface area contributed by atoms with E-state index in [4.69, 9.17) is 4.74 Å². The van der Waals surface area contributed by atoms with Crippen LogP contribution in [0.4, 0.5) is 0 Å². The molecule has 2 aliphatic heterocycles. The number of hydrogen-bond donors (Lipinski definition) is 1. The number of hydrogen-bond acceptors (Lipinski definition) is 3. The number of fused-ring (bicyclic) bond motifs is 2. The zero-order chi connectivity index (χ0) is 12.5. The maximum absolute atomic E-state index is 5.40. The predicted molar refractivity (Wildman–Crippen MR) is 71.3 cm³/mol. The lowest BCUT2D eigenvalue weighted by molar-refractivity contribution is -0.0238. The Bertz CT molecular complexity index is 241. The molecular weight excluding hydrogens is 212 g/mol. The third kappa shape index (κ3) is 2.67. The van der Waals surface area contributed by atoms with Crippen LogP contribution in [0, 0.1) is 0 Å². The molecule has 2 heterocycles. The molecule has 17 heavy (non-hydrogen) atoms. The minimum absolute atomic E-state index is 0.192. The quantitative estimate of drug-likeness (QED) is 0.795. The summed E-state index contributed by atoms with van der Waals surface area (Å²) in [6.45, 7) is 8.81. The third-order valence-electron chi connectivity index (χ3n) is 4.42. The molecule has 0 spiro atoms. The molecule has 2 unspecified atom stereocenters. The second-order valence-electron chi connectivity index (χ2n) is 6.26. The molecule has 0 saturated carbocycles. The zero-order valence-electron chi connectivity index (χ0n) is 11.8. The van der Waals surface area contributed by atoms with Crippen LogP contribution in [0.1, 0.15) is 46.5 Å². The Morgan fingerprint density at radius 3 is 2.29 bits per heavy atom. The summed E-state index contributed by atoms with van der Waals surface area (Å²) < 4.78 is 5.40. The van der Waals surface area contributed by atoms with Crippen LogP contribution in [0.25, 0.3) is 0 Å². The molecule has 0 radical (unpaired) electrons. The maximum atomic E-state index is 5.40. The van der Waals surface area contributed by atoms with Gasteiger partial charge < -0.3 is 10.1 Å². The van der Waals surface area contributed by atoms with Gasteiger partial charge in [0.15, 0.2) is 0 Å². The zero-order valence-corrected chi connectivity index (χ0v) is 11.8. The van der Waals surface area contributed by atoms with Gasteiger partial charge in [-0.2, -0.15) is 0 Å². The van der Waals surface area contributed by atoms with Crippen LogP contribution in [-0.2, 0) is 4.74 Å². The second kappa shape index (κ2) is 5.25. The molecule has 1 N–H and O–H groups in total. The van der Waals surface area contributed by atoms with E-state index < -0.39 is 0 Å².